The molecule has 0 aliphatic heterocycles. The Morgan fingerprint density at radius 3 is 2.75 bits per heavy atom. The molecule has 1 aliphatic carbocycles. The maximum atomic E-state index is 12.6. The minimum absolute atomic E-state index is 0.0763. The van der Waals surface area contributed by atoms with Gasteiger partial charge in [0.2, 0.25) is 0 Å². The molecule has 1 aromatic carbocycles. The summed E-state index contributed by atoms with van der Waals surface area (Å²) in [6, 6.07) is 10.7. The molecular weight excluding hydrogens is 396 g/mol. The number of hydrogen-bond donors (Lipinski definition) is 1. The monoisotopic (exact) mass is 414 g/mol. The van der Waals surface area contributed by atoms with Crippen LogP contribution < -0.4 is 10.9 Å². The molecule has 1 fully saturated rings. The maximum Gasteiger partial charge on any atom is 0.280 e. The number of hydrogen-bond acceptors (Lipinski definition) is 5. The third kappa shape index (κ3) is 3.86. The molecule has 2 aromatic heterocycles. The van der Waals surface area contributed by atoms with Crippen molar-refractivity contribution in [3.8, 4) is 21.8 Å². The lowest BCUT2D eigenvalue weighted by atomic mass is 10.1. The molecule has 0 bridgehead atoms. The van der Waals surface area contributed by atoms with Gasteiger partial charge >= 0.3 is 0 Å². The van der Waals surface area contributed by atoms with Crippen molar-refractivity contribution in [2.75, 3.05) is 0 Å². The zero-order valence-corrected chi connectivity index (χ0v) is 17.0. The fraction of sp³-hybridized carbons (Fsp3) is 0.300. The Morgan fingerprint density at radius 1 is 1.29 bits per heavy atom. The van der Waals surface area contributed by atoms with E-state index in [9.17, 15) is 9.59 Å². The van der Waals surface area contributed by atoms with Crippen LogP contribution in [-0.4, -0.2) is 26.7 Å². The van der Waals surface area contributed by atoms with Crippen molar-refractivity contribution in [3.05, 3.63) is 56.8 Å². The Balaban J connectivity index is 1.84. The van der Waals surface area contributed by atoms with Crippen LogP contribution in [0.1, 0.15) is 42.5 Å². The van der Waals surface area contributed by atoms with Crippen LogP contribution in [0.3, 0.4) is 0 Å². The number of benzene rings is 1. The maximum absolute atomic E-state index is 12.6. The number of nitrogens with zero attached hydrogens (tertiary/aromatic N) is 3. The van der Waals surface area contributed by atoms with Crippen molar-refractivity contribution in [2.24, 2.45) is 0 Å². The van der Waals surface area contributed by atoms with Gasteiger partial charge in [0, 0.05) is 22.7 Å². The quantitative estimate of drug-likeness (QED) is 0.680. The third-order valence-electron chi connectivity index (χ3n) is 4.38. The second-order valence-corrected chi connectivity index (χ2v) is 8.49. The first kappa shape index (κ1) is 18.8. The van der Waals surface area contributed by atoms with Crippen molar-refractivity contribution in [2.45, 2.75) is 38.8 Å². The van der Waals surface area contributed by atoms with E-state index in [1.165, 1.54) is 22.1 Å². The average molecular weight is 415 g/mol. The van der Waals surface area contributed by atoms with Crippen LogP contribution in [0, 0.1) is 0 Å². The molecule has 0 atom stereocenters. The molecule has 0 saturated heterocycles. The Labute approximate surface area is 171 Å². The van der Waals surface area contributed by atoms with Gasteiger partial charge in [0.1, 0.15) is 5.69 Å². The largest absolute Gasteiger partial charge is 0.347 e. The summed E-state index contributed by atoms with van der Waals surface area (Å²) in [5.74, 6) is -0.181. The molecule has 6 nitrogen and oxygen atoms in total. The molecule has 1 aliphatic rings. The van der Waals surface area contributed by atoms with Crippen molar-refractivity contribution in [3.63, 3.8) is 0 Å². The highest BCUT2D eigenvalue weighted by molar-refractivity contribution is 7.17. The standard InChI is InChI=1S/C20H19ClN4O2S/c1-11(2)25-16(26)9-8-15(24-25)18-17(12-4-3-5-13(21)10-12)23-20(28-18)19(27)22-14-6-7-14/h3-5,8-11,14H,6-7H2,1-2H3,(H,22,27). The van der Waals surface area contributed by atoms with Gasteiger partial charge in [-0.05, 0) is 44.9 Å². The van der Waals surface area contributed by atoms with Gasteiger partial charge in [0.25, 0.3) is 11.5 Å². The lowest BCUT2D eigenvalue weighted by Crippen LogP contribution is -2.25. The second-order valence-electron chi connectivity index (χ2n) is 7.05. The molecule has 144 valence electrons. The minimum atomic E-state index is -0.181. The van der Waals surface area contributed by atoms with Crippen LogP contribution in [0.4, 0.5) is 0 Å². The Morgan fingerprint density at radius 2 is 2.07 bits per heavy atom. The van der Waals surface area contributed by atoms with Gasteiger partial charge in [-0.2, -0.15) is 5.10 Å². The molecule has 0 spiro atoms. The van der Waals surface area contributed by atoms with E-state index in [4.69, 9.17) is 11.6 Å². The molecular formula is C20H19ClN4O2S. The highest BCUT2D eigenvalue weighted by atomic mass is 35.5. The van der Waals surface area contributed by atoms with Crippen molar-refractivity contribution in [1.29, 1.82) is 0 Å². The summed E-state index contributed by atoms with van der Waals surface area (Å²) < 4.78 is 1.43. The molecule has 28 heavy (non-hydrogen) atoms. The van der Waals surface area contributed by atoms with Gasteiger partial charge in [-0.1, -0.05) is 23.7 Å². The number of aromatic nitrogens is 3. The Bertz CT molecular complexity index is 1100. The molecule has 1 saturated carbocycles. The first-order chi connectivity index (χ1) is 13.4. The summed E-state index contributed by atoms with van der Waals surface area (Å²) >= 11 is 7.44. The Hall–Kier alpha value is -2.51. The van der Waals surface area contributed by atoms with Gasteiger partial charge in [0.05, 0.1) is 16.6 Å². The molecule has 0 radical (unpaired) electrons. The van der Waals surface area contributed by atoms with E-state index in [0.29, 0.717) is 21.4 Å². The van der Waals surface area contributed by atoms with Gasteiger partial charge < -0.3 is 5.32 Å². The first-order valence-electron chi connectivity index (χ1n) is 9.10. The zero-order valence-electron chi connectivity index (χ0n) is 15.5. The van der Waals surface area contributed by atoms with Crippen LogP contribution in [-0.2, 0) is 0 Å². The first-order valence-corrected chi connectivity index (χ1v) is 10.3. The molecule has 2 heterocycles. The van der Waals surface area contributed by atoms with Crippen molar-refractivity contribution >= 4 is 28.8 Å². The average Bonchev–Trinajstić information content (AvgIpc) is 3.36. The summed E-state index contributed by atoms with van der Waals surface area (Å²) in [6.07, 6.45) is 2.01. The number of halogens is 1. The predicted molar refractivity (Wildman–Crippen MR) is 111 cm³/mol. The highest BCUT2D eigenvalue weighted by Gasteiger charge is 2.27. The van der Waals surface area contributed by atoms with Crippen LogP contribution in [0.25, 0.3) is 21.8 Å². The van der Waals surface area contributed by atoms with Crippen LogP contribution >= 0.6 is 22.9 Å². The smallest absolute Gasteiger partial charge is 0.280 e. The van der Waals surface area contributed by atoms with Gasteiger partial charge in [-0.3, -0.25) is 9.59 Å². The lowest BCUT2D eigenvalue weighted by molar-refractivity contribution is 0.0951. The van der Waals surface area contributed by atoms with Gasteiger partial charge in [-0.25, -0.2) is 9.67 Å². The molecule has 4 rings (SSSR count). The molecule has 1 N–H and O–H groups in total. The van der Waals surface area contributed by atoms with E-state index < -0.39 is 0 Å². The van der Waals surface area contributed by atoms with Gasteiger partial charge in [0.15, 0.2) is 5.01 Å². The van der Waals surface area contributed by atoms with E-state index in [1.807, 2.05) is 26.0 Å². The summed E-state index contributed by atoms with van der Waals surface area (Å²) in [5, 5.41) is 8.44. The van der Waals surface area contributed by atoms with Crippen LogP contribution in [0.15, 0.2) is 41.2 Å². The summed E-state index contributed by atoms with van der Waals surface area (Å²) in [4.78, 5) is 30.0. The topological polar surface area (TPSA) is 76.9 Å². The van der Waals surface area contributed by atoms with E-state index >= 15 is 0 Å². The normalized spacial score (nSPS) is 13.7. The number of rotatable bonds is 5. The van der Waals surface area contributed by atoms with E-state index in [2.05, 4.69) is 15.4 Å². The molecule has 3 aromatic rings. The number of amides is 1. The molecule has 0 unspecified atom stereocenters. The fourth-order valence-corrected chi connectivity index (χ4v) is 3.96. The Kier molecular flexibility index (Phi) is 5.03. The minimum Gasteiger partial charge on any atom is -0.347 e. The van der Waals surface area contributed by atoms with Gasteiger partial charge in [-0.15, -0.1) is 11.3 Å². The van der Waals surface area contributed by atoms with E-state index in [-0.39, 0.29) is 23.6 Å². The third-order valence-corrected chi connectivity index (χ3v) is 5.69. The molecule has 1 amide bonds. The van der Waals surface area contributed by atoms with Crippen LogP contribution in [0.5, 0.6) is 0 Å². The van der Waals surface area contributed by atoms with Crippen LogP contribution in [0.2, 0.25) is 5.02 Å². The SMILES string of the molecule is CC(C)n1nc(-c2sc(C(=O)NC3CC3)nc2-c2cccc(Cl)c2)ccc1=O. The second kappa shape index (κ2) is 7.48. The number of carbonyl (C=O) groups excluding carboxylic acids is 1. The van der Waals surface area contributed by atoms with E-state index in [1.54, 1.807) is 18.2 Å². The lowest BCUT2D eigenvalue weighted by Gasteiger charge is -2.10. The fourth-order valence-electron chi connectivity index (χ4n) is 2.81. The predicted octanol–water partition coefficient (Wildman–Crippen LogP) is 4.16. The number of nitrogens with one attached hydrogen (secondary N) is 1. The van der Waals surface area contributed by atoms with Crippen molar-refractivity contribution < 1.29 is 4.79 Å². The summed E-state index contributed by atoms with van der Waals surface area (Å²) in [6.45, 7) is 3.80. The highest BCUT2D eigenvalue weighted by Crippen LogP contribution is 2.36. The summed E-state index contributed by atoms with van der Waals surface area (Å²) in [7, 11) is 0. The van der Waals surface area contributed by atoms with Crippen molar-refractivity contribution in [1.82, 2.24) is 20.1 Å². The number of carbonyl (C=O) groups is 1. The van der Waals surface area contributed by atoms with E-state index in [0.717, 1.165) is 23.3 Å². The zero-order chi connectivity index (χ0) is 19.8. The molecule has 8 heteroatoms. The number of thiazole rings is 1. The summed E-state index contributed by atoms with van der Waals surface area (Å²) in [5.41, 5.74) is 1.87.